The van der Waals surface area contributed by atoms with E-state index in [1.54, 1.807) is 0 Å². The van der Waals surface area contributed by atoms with Crippen LogP contribution in [0.15, 0.2) is 54.6 Å². The predicted octanol–water partition coefficient (Wildman–Crippen LogP) is 3.74. The summed E-state index contributed by atoms with van der Waals surface area (Å²) in [6.45, 7) is 1.71. The van der Waals surface area contributed by atoms with Gasteiger partial charge in [-0.25, -0.2) is 0 Å². The Morgan fingerprint density at radius 2 is 1.57 bits per heavy atom. The summed E-state index contributed by atoms with van der Waals surface area (Å²) in [6.07, 6.45) is -0.309. The summed E-state index contributed by atoms with van der Waals surface area (Å²) in [6, 6.07) is 18.9. The summed E-state index contributed by atoms with van der Waals surface area (Å²) < 4.78 is 16.7. The third-order valence-corrected chi connectivity index (χ3v) is 3.73. The fourth-order valence-corrected chi connectivity index (χ4v) is 2.68. The summed E-state index contributed by atoms with van der Waals surface area (Å²) in [4.78, 5) is 0. The van der Waals surface area contributed by atoms with Crippen molar-refractivity contribution in [2.24, 2.45) is 0 Å². The van der Waals surface area contributed by atoms with Crippen LogP contribution in [0.5, 0.6) is 5.75 Å². The Bertz CT molecular complexity index is 776. The third-order valence-electron chi connectivity index (χ3n) is 3.73. The maximum Gasteiger partial charge on any atom is 0.223 e. The van der Waals surface area contributed by atoms with Gasteiger partial charge in [-0.05, 0) is 45.8 Å². The van der Waals surface area contributed by atoms with Gasteiger partial charge in [-0.1, -0.05) is 30.3 Å². The second-order valence-electron chi connectivity index (χ2n) is 5.20. The minimum atomic E-state index is -0.309. The highest BCUT2D eigenvalue weighted by molar-refractivity contribution is 5.98. The minimum Gasteiger partial charge on any atom is -0.462 e. The van der Waals surface area contributed by atoms with E-state index in [1.807, 2.05) is 6.07 Å². The maximum absolute atomic E-state index is 5.83. The third kappa shape index (κ3) is 2.58. The molecule has 0 amide bonds. The molecule has 1 aliphatic heterocycles. The number of ether oxygens (including phenoxy) is 3. The van der Waals surface area contributed by atoms with Crippen molar-refractivity contribution in [2.45, 2.75) is 6.29 Å². The normalized spacial score (nSPS) is 19.0. The van der Waals surface area contributed by atoms with Crippen LogP contribution >= 0.6 is 0 Å². The Morgan fingerprint density at radius 3 is 2.33 bits per heavy atom. The van der Waals surface area contributed by atoms with Crippen molar-refractivity contribution in [3.05, 3.63) is 54.6 Å². The molecule has 106 valence electrons. The molecule has 1 atom stereocenters. The molecule has 4 rings (SSSR count). The van der Waals surface area contributed by atoms with Gasteiger partial charge in [0.25, 0.3) is 0 Å². The summed E-state index contributed by atoms with van der Waals surface area (Å²) in [5.74, 6) is 0.813. The summed E-state index contributed by atoms with van der Waals surface area (Å²) in [7, 11) is 0. The fourth-order valence-electron chi connectivity index (χ4n) is 2.68. The molecule has 0 aliphatic carbocycles. The van der Waals surface area contributed by atoms with Crippen LogP contribution in [0.2, 0.25) is 0 Å². The molecule has 3 aromatic carbocycles. The van der Waals surface area contributed by atoms with Crippen LogP contribution in [0.25, 0.3) is 21.5 Å². The number of benzene rings is 3. The Hall–Kier alpha value is -2.10. The van der Waals surface area contributed by atoms with Crippen LogP contribution in [0.3, 0.4) is 0 Å². The first-order valence-electron chi connectivity index (χ1n) is 7.17. The Morgan fingerprint density at radius 1 is 0.810 bits per heavy atom. The lowest BCUT2D eigenvalue weighted by atomic mass is 10.0. The summed E-state index contributed by atoms with van der Waals surface area (Å²) >= 11 is 0. The number of fused-ring (bicyclic) bond motifs is 2. The Labute approximate surface area is 123 Å². The van der Waals surface area contributed by atoms with Crippen molar-refractivity contribution in [3.8, 4) is 5.75 Å². The van der Waals surface area contributed by atoms with Crippen molar-refractivity contribution in [1.29, 1.82) is 0 Å². The van der Waals surface area contributed by atoms with Crippen molar-refractivity contribution in [3.63, 3.8) is 0 Å². The van der Waals surface area contributed by atoms with Gasteiger partial charge >= 0.3 is 0 Å². The Kier molecular flexibility index (Phi) is 3.22. The second kappa shape index (κ2) is 5.35. The number of hydrogen-bond acceptors (Lipinski definition) is 3. The van der Waals surface area contributed by atoms with Gasteiger partial charge in [0.1, 0.15) is 12.4 Å². The highest BCUT2D eigenvalue weighted by Gasteiger charge is 2.15. The number of hydrogen-bond donors (Lipinski definition) is 0. The monoisotopic (exact) mass is 280 g/mol. The first kappa shape index (κ1) is 12.6. The molecular formula is C18H16O3. The molecule has 0 spiro atoms. The maximum atomic E-state index is 5.83. The van der Waals surface area contributed by atoms with Crippen LogP contribution in [-0.4, -0.2) is 26.1 Å². The standard InChI is InChI=1S/C18H16O3/c1-2-4-14-10-16-11-17(21-18-12-19-7-8-20-18)6-5-15(16)9-13(14)3-1/h1-6,9-11,18H,7-8,12H2. The lowest BCUT2D eigenvalue weighted by Gasteiger charge is -2.23. The number of rotatable bonds is 2. The lowest BCUT2D eigenvalue weighted by Crippen LogP contribution is -2.33. The van der Waals surface area contributed by atoms with Crippen molar-refractivity contribution in [2.75, 3.05) is 19.8 Å². The molecule has 0 bridgehead atoms. The first-order valence-corrected chi connectivity index (χ1v) is 7.17. The second-order valence-corrected chi connectivity index (χ2v) is 5.20. The van der Waals surface area contributed by atoms with E-state index in [9.17, 15) is 0 Å². The molecule has 0 aromatic heterocycles. The summed E-state index contributed by atoms with van der Waals surface area (Å²) in [5.41, 5.74) is 0. The van der Waals surface area contributed by atoms with Gasteiger partial charge in [0.15, 0.2) is 0 Å². The van der Waals surface area contributed by atoms with E-state index in [4.69, 9.17) is 14.2 Å². The first-order chi connectivity index (χ1) is 10.4. The van der Waals surface area contributed by atoms with E-state index in [-0.39, 0.29) is 6.29 Å². The molecule has 3 heteroatoms. The SMILES string of the molecule is c1ccc2cc3cc(OC4COCCO4)ccc3cc2c1. The van der Waals surface area contributed by atoms with Gasteiger partial charge < -0.3 is 14.2 Å². The van der Waals surface area contributed by atoms with Crippen LogP contribution in [0.4, 0.5) is 0 Å². The smallest absolute Gasteiger partial charge is 0.223 e. The fraction of sp³-hybridized carbons (Fsp3) is 0.222. The van der Waals surface area contributed by atoms with E-state index < -0.39 is 0 Å². The molecule has 3 aromatic rings. The van der Waals surface area contributed by atoms with Crippen LogP contribution < -0.4 is 4.74 Å². The molecule has 0 N–H and O–H groups in total. The van der Waals surface area contributed by atoms with E-state index in [2.05, 4.69) is 48.5 Å². The zero-order valence-corrected chi connectivity index (χ0v) is 11.6. The highest BCUT2D eigenvalue weighted by atomic mass is 16.7. The molecular weight excluding hydrogens is 264 g/mol. The molecule has 1 heterocycles. The molecule has 1 unspecified atom stereocenters. The highest BCUT2D eigenvalue weighted by Crippen LogP contribution is 2.27. The van der Waals surface area contributed by atoms with Gasteiger partial charge in [0.05, 0.1) is 13.2 Å². The van der Waals surface area contributed by atoms with Crippen molar-refractivity contribution < 1.29 is 14.2 Å². The largest absolute Gasteiger partial charge is 0.462 e. The van der Waals surface area contributed by atoms with Gasteiger partial charge in [0.2, 0.25) is 6.29 Å². The molecule has 1 saturated heterocycles. The van der Waals surface area contributed by atoms with Gasteiger partial charge in [-0.3, -0.25) is 0 Å². The molecule has 0 radical (unpaired) electrons. The predicted molar refractivity (Wildman–Crippen MR) is 82.6 cm³/mol. The molecule has 3 nitrogen and oxygen atoms in total. The van der Waals surface area contributed by atoms with Gasteiger partial charge in [-0.15, -0.1) is 0 Å². The molecule has 1 fully saturated rings. The van der Waals surface area contributed by atoms with E-state index in [0.29, 0.717) is 19.8 Å². The quantitative estimate of drug-likeness (QED) is 0.669. The topological polar surface area (TPSA) is 27.7 Å². The average Bonchev–Trinajstić information content (AvgIpc) is 2.54. The molecule has 0 saturated carbocycles. The zero-order valence-electron chi connectivity index (χ0n) is 11.6. The minimum absolute atomic E-state index is 0.309. The zero-order chi connectivity index (χ0) is 14.1. The van der Waals surface area contributed by atoms with E-state index in [1.165, 1.54) is 21.5 Å². The molecule has 21 heavy (non-hydrogen) atoms. The van der Waals surface area contributed by atoms with Gasteiger partial charge in [0, 0.05) is 0 Å². The van der Waals surface area contributed by atoms with Crippen LogP contribution in [-0.2, 0) is 9.47 Å². The molecule has 1 aliphatic rings. The van der Waals surface area contributed by atoms with E-state index in [0.717, 1.165) is 5.75 Å². The van der Waals surface area contributed by atoms with Crippen LogP contribution in [0.1, 0.15) is 0 Å². The Balaban J connectivity index is 1.69. The van der Waals surface area contributed by atoms with Crippen molar-refractivity contribution >= 4 is 21.5 Å². The summed E-state index contributed by atoms with van der Waals surface area (Å²) in [5, 5.41) is 4.87. The average molecular weight is 280 g/mol. The van der Waals surface area contributed by atoms with E-state index >= 15 is 0 Å². The van der Waals surface area contributed by atoms with Gasteiger partial charge in [-0.2, -0.15) is 0 Å². The lowest BCUT2D eigenvalue weighted by molar-refractivity contribution is -0.170. The van der Waals surface area contributed by atoms with Crippen molar-refractivity contribution in [1.82, 2.24) is 0 Å². The van der Waals surface area contributed by atoms with Crippen LogP contribution in [0, 0.1) is 0 Å².